The molecule has 0 saturated heterocycles. The van der Waals surface area contributed by atoms with E-state index in [2.05, 4.69) is 6.07 Å². The molecule has 1 aromatic carbocycles. The maximum absolute atomic E-state index is 12.2. The molecule has 0 fully saturated rings. The number of ether oxygens (including phenoxy) is 3. The molecule has 2 heterocycles. The Kier molecular flexibility index (Phi) is 5.84. The van der Waals surface area contributed by atoms with Crippen molar-refractivity contribution in [3.63, 3.8) is 0 Å². The van der Waals surface area contributed by atoms with Crippen LogP contribution in [0.1, 0.15) is 33.3 Å². The van der Waals surface area contributed by atoms with Crippen molar-refractivity contribution < 1.29 is 19.0 Å². The Bertz CT molecular complexity index is 888. The molecule has 27 heavy (non-hydrogen) atoms. The molecule has 3 rings (SSSR count). The molecule has 0 amide bonds. The third-order valence-electron chi connectivity index (χ3n) is 4.09. The van der Waals surface area contributed by atoms with Gasteiger partial charge in [0.25, 0.3) is 0 Å². The second-order valence-electron chi connectivity index (χ2n) is 6.13. The number of nitriles is 1. The van der Waals surface area contributed by atoms with Crippen LogP contribution in [0.25, 0.3) is 0 Å². The van der Waals surface area contributed by atoms with Gasteiger partial charge in [-0.15, -0.1) is 11.3 Å². The molecular formula is C19H21N3O4S. The van der Waals surface area contributed by atoms with Crippen molar-refractivity contribution in [2.24, 2.45) is 0 Å². The SMILES string of the molecule is CCOC(=O)c1sc(N)c(C#N)c1CN(C)Cc1ccc2c(c1)OCCO2. The molecule has 1 aliphatic rings. The molecule has 0 aliphatic carbocycles. The van der Waals surface area contributed by atoms with Gasteiger partial charge in [-0.2, -0.15) is 5.26 Å². The third kappa shape index (κ3) is 4.15. The van der Waals surface area contributed by atoms with Crippen LogP contribution in [-0.2, 0) is 17.8 Å². The van der Waals surface area contributed by atoms with Crippen LogP contribution < -0.4 is 15.2 Å². The van der Waals surface area contributed by atoms with Gasteiger partial charge in [-0.3, -0.25) is 4.90 Å². The smallest absolute Gasteiger partial charge is 0.348 e. The highest BCUT2D eigenvalue weighted by molar-refractivity contribution is 7.18. The fourth-order valence-corrected chi connectivity index (χ4v) is 3.87. The Balaban J connectivity index is 1.78. The molecule has 7 nitrogen and oxygen atoms in total. The number of nitrogens with zero attached hydrogens (tertiary/aromatic N) is 2. The number of hydrogen-bond donors (Lipinski definition) is 1. The first kappa shape index (κ1) is 19.0. The monoisotopic (exact) mass is 387 g/mol. The Morgan fingerprint density at radius 2 is 2.07 bits per heavy atom. The number of nitrogen functional groups attached to an aromatic ring is 1. The van der Waals surface area contributed by atoms with Gasteiger partial charge in [-0.1, -0.05) is 6.07 Å². The molecule has 8 heteroatoms. The summed E-state index contributed by atoms with van der Waals surface area (Å²) in [7, 11) is 1.92. The Morgan fingerprint density at radius 1 is 1.33 bits per heavy atom. The summed E-state index contributed by atoms with van der Waals surface area (Å²) in [5.74, 6) is 1.03. The molecule has 0 spiro atoms. The van der Waals surface area contributed by atoms with Crippen LogP contribution in [0.15, 0.2) is 18.2 Å². The largest absolute Gasteiger partial charge is 0.486 e. The van der Waals surface area contributed by atoms with E-state index in [0.717, 1.165) is 28.4 Å². The molecule has 1 aromatic heterocycles. The second-order valence-corrected chi connectivity index (χ2v) is 7.18. The molecule has 2 aromatic rings. The maximum Gasteiger partial charge on any atom is 0.348 e. The predicted molar refractivity (Wildman–Crippen MR) is 102 cm³/mol. The van der Waals surface area contributed by atoms with Crippen LogP contribution in [0, 0.1) is 11.3 Å². The van der Waals surface area contributed by atoms with E-state index in [4.69, 9.17) is 19.9 Å². The van der Waals surface area contributed by atoms with E-state index < -0.39 is 5.97 Å². The first-order valence-electron chi connectivity index (χ1n) is 8.58. The number of anilines is 1. The van der Waals surface area contributed by atoms with Gasteiger partial charge in [0.1, 0.15) is 29.2 Å². The molecule has 0 atom stereocenters. The lowest BCUT2D eigenvalue weighted by Crippen LogP contribution is -2.20. The van der Waals surface area contributed by atoms with Crippen LogP contribution in [0.3, 0.4) is 0 Å². The number of thiophene rings is 1. The lowest BCUT2D eigenvalue weighted by molar-refractivity contribution is 0.0530. The van der Waals surface area contributed by atoms with E-state index in [-0.39, 0.29) is 6.61 Å². The average Bonchev–Trinajstić information content (AvgIpc) is 2.97. The van der Waals surface area contributed by atoms with Gasteiger partial charge in [0, 0.05) is 18.7 Å². The number of nitrogens with two attached hydrogens (primary N) is 1. The van der Waals surface area contributed by atoms with Gasteiger partial charge >= 0.3 is 5.97 Å². The summed E-state index contributed by atoms with van der Waals surface area (Å²) >= 11 is 1.10. The summed E-state index contributed by atoms with van der Waals surface area (Å²) in [6.45, 7) is 4.12. The highest BCUT2D eigenvalue weighted by Crippen LogP contribution is 2.33. The summed E-state index contributed by atoms with van der Waals surface area (Å²) < 4.78 is 16.3. The van der Waals surface area contributed by atoms with E-state index in [1.807, 2.05) is 30.1 Å². The number of carbonyl (C=O) groups excluding carboxylic acids is 1. The Morgan fingerprint density at radius 3 is 2.78 bits per heavy atom. The predicted octanol–water partition coefficient (Wildman–Crippen LogP) is 2.78. The summed E-state index contributed by atoms with van der Waals surface area (Å²) in [6.07, 6.45) is 0. The second kappa shape index (κ2) is 8.29. The number of hydrogen-bond acceptors (Lipinski definition) is 8. The standard InChI is InChI=1S/C19H21N3O4S/c1-3-24-19(23)17-14(13(9-20)18(21)27-17)11-22(2)10-12-4-5-15-16(8-12)26-7-6-25-15/h4-5,8H,3,6-7,10-11,21H2,1-2H3. The maximum atomic E-state index is 12.2. The molecule has 0 unspecified atom stereocenters. The lowest BCUT2D eigenvalue weighted by Gasteiger charge is -2.21. The summed E-state index contributed by atoms with van der Waals surface area (Å²) in [5.41, 5.74) is 7.93. The number of fused-ring (bicyclic) bond motifs is 1. The molecule has 0 bridgehead atoms. The normalized spacial score (nSPS) is 12.7. The zero-order chi connectivity index (χ0) is 19.4. The van der Waals surface area contributed by atoms with Crippen LogP contribution >= 0.6 is 11.3 Å². The molecule has 142 valence electrons. The fraction of sp³-hybridized carbons (Fsp3) is 0.368. The van der Waals surface area contributed by atoms with Crippen LogP contribution in [-0.4, -0.2) is 37.7 Å². The van der Waals surface area contributed by atoms with E-state index in [0.29, 0.717) is 47.3 Å². The number of carbonyl (C=O) groups is 1. The van der Waals surface area contributed by atoms with Gasteiger partial charge in [-0.05, 0) is 31.7 Å². The highest BCUT2D eigenvalue weighted by atomic mass is 32.1. The van der Waals surface area contributed by atoms with Crippen molar-refractivity contribution in [1.29, 1.82) is 5.26 Å². The zero-order valence-electron chi connectivity index (χ0n) is 15.3. The van der Waals surface area contributed by atoms with Gasteiger partial charge in [0.2, 0.25) is 0 Å². The van der Waals surface area contributed by atoms with E-state index >= 15 is 0 Å². The molecule has 0 saturated carbocycles. The first-order chi connectivity index (χ1) is 13.0. The molecule has 2 N–H and O–H groups in total. The lowest BCUT2D eigenvalue weighted by atomic mass is 10.1. The Labute approximate surface area is 161 Å². The van der Waals surface area contributed by atoms with Gasteiger partial charge < -0.3 is 19.9 Å². The van der Waals surface area contributed by atoms with Crippen molar-refractivity contribution in [2.75, 3.05) is 32.6 Å². The van der Waals surface area contributed by atoms with Gasteiger partial charge in [-0.25, -0.2) is 4.79 Å². The fourth-order valence-electron chi connectivity index (χ4n) is 2.94. The summed E-state index contributed by atoms with van der Waals surface area (Å²) in [4.78, 5) is 14.6. The molecular weight excluding hydrogens is 366 g/mol. The van der Waals surface area contributed by atoms with Crippen molar-refractivity contribution in [2.45, 2.75) is 20.0 Å². The highest BCUT2D eigenvalue weighted by Gasteiger charge is 2.24. The van der Waals surface area contributed by atoms with Gasteiger partial charge in [0.05, 0.1) is 12.2 Å². The van der Waals surface area contributed by atoms with Crippen molar-refractivity contribution in [3.05, 3.63) is 39.8 Å². The average molecular weight is 387 g/mol. The minimum atomic E-state index is -0.446. The Hall–Kier alpha value is -2.76. The zero-order valence-corrected chi connectivity index (χ0v) is 16.1. The minimum absolute atomic E-state index is 0.269. The third-order valence-corrected chi connectivity index (χ3v) is 5.14. The van der Waals surface area contributed by atoms with Crippen molar-refractivity contribution in [3.8, 4) is 17.6 Å². The molecule has 0 radical (unpaired) electrons. The van der Waals surface area contributed by atoms with Gasteiger partial charge in [0.15, 0.2) is 11.5 Å². The number of esters is 1. The van der Waals surface area contributed by atoms with E-state index in [9.17, 15) is 10.1 Å². The topological polar surface area (TPSA) is 97.8 Å². The summed E-state index contributed by atoms with van der Waals surface area (Å²) in [5, 5.41) is 9.77. The summed E-state index contributed by atoms with van der Waals surface area (Å²) in [6, 6.07) is 7.92. The van der Waals surface area contributed by atoms with Crippen LogP contribution in [0.2, 0.25) is 0 Å². The minimum Gasteiger partial charge on any atom is -0.486 e. The quantitative estimate of drug-likeness (QED) is 0.761. The number of benzene rings is 1. The van der Waals surface area contributed by atoms with Crippen molar-refractivity contribution >= 4 is 22.3 Å². The molecule has 1 aliphatic heterocycles. The van der Waals surface area contributed by atoms with Crippen molar-refractivity contribution in [1.82, 2.24) is 4.90 Å². The van der Waals surface area contributed by atoms with Crippen LogP contribution in [0.5, 0.6) is 11.5 Å². The number of rotatable bonds is 6. The van der Waals surface area contributed by atoms with E-state index in [1.165, 1.54) is 0 Å². The van der Waals surface area contributed by atoms with E-state index in [1.54, 1.807) is 6.92 Å². The first-order valence-corrected chi connectivity index (χ1v) is 9.40. The van der Waals surface area contributed by atoms with Crippen LogP contribution in [0.4, 0.5) is 5.00 Å².